The third-order valence-corrected chi connectivity index (χ3v) is 3.71. The van der Waals surface area contributed by atoms with Gasteiger partial charge in [0.2, 0.25) is 0 Å². The second-order valence-corrected chi connectivity index (χ2v) is 5.54. The highest BCUT2D eigenvalue weighted by atomic mass is 127. The van der Waals surface area contributed by atoms with E-state index in [0.717, 1.165) is 15.9 Å². The number of rotatable bonds is 3. The first-order chi connectivity index (χ1) is 7.66. The summed E-state index contributed by atoms with van der Waals surface area (Å²) in [6.07, 6.45) is 5.76. The van der Waals surface area contributed by atoms with Gasteiger partial charge in [0.15, 0.2) is 0 Å². The Labute approximate surface area is 110 Å². The van der Waals surface area contributed by atoms with Crippen molar-refractivity contribution in [3.05, 3.63) is 22.0 Å². The molecule has 0 N–H and O–H groups in total. The molecule has 1 aromatic rings. The molecule has 1 aliphatic rings. The summed E-state index contributed by atoms with van der Waals surface area (Å²) in [5, 5.41) is 0. The molecule has 1 saturated carbocycles. The summed E-state index contributed by atoms with van der Waals surface area (Å²) >= 11 is 2.20. The van der Waals surface area contributed by atoms with Crippen LogP contribution < -0.4 is 4.74 Å². The molecule has 0 amide bonds. The molecule has 1 heterocycles. The lowest BCUT2D eigenvalue weighted by molar-refractivity contribution is 0.121. The van der Waals surface area contributed by atoms with Crippen molar-refractivity contribution >= 4 is 22.6 Å². The van der Waals surface area contributed by atoms with Gasteiger partial charge in [-0.3, -0.25) is 0 Å². The van der Waals surface area contributed by atoms with Gasteiger partial charge in [-0.15, -0.1) is 0 Å². The van der Waals surface area contributed by atoms with Crippen LogP contribution in [-0.4, -0.2) is 36.1 Å². The first-order valence-electron chi connectivity index (χ1n) is 5.61. The summed E-state index contributed by atoms with van der Waals surface area (Å²) in [6.45, 7) is 0. The second kappa shape index (κ2) is 5.31. The molecule has 3 nitrogen and oxygen atoms in total. The largest absolute Gasteiger partial charge is 0.487 e. The number of nitrogens with zero attached hydrogens (tertiary/aromatic N) is 2. The maximum Gasteiger partial charge on any atom is 0.138 e. The third kappa shape index (κ3) is 2.85. The molecule has 1 aromatic heterocycles. The Bertz CT molecular complexity index is 339. The maximum atomic E-state index is 6.00. The Hall–Kier alpha value is -0.360. The Kier molecular flexibility index (Phi) is 4.02. The number of pyridine rings is 1. The molecular formula is C12H17IN2O. The maximum absolute atomic E-state index is 6.00. The van der Waals surface area contributed by atoms with E-state index in [1.807, 2.05) is 18.3 Å². The molecule has 2 atom stereocenters. The second-order valence-electron chi connectivity index (χ2n) is 4.43. The molecule has 0 radical (unpaired) electrons. The van der Waals surface area contributed by atoms with Crippen molar-refractivity contribution in [1.82, 2.24) is 9.88 Å². The van der Waals surface area contributed by atoms with Crippen LogP contribution in [0.3, 0.4) is 0 Å². The van der Waals surface area contributed by atoms with Crippen molar-refractivity contribution in [2.24, 2.45) is 0 Å². The van der Waals surface area contributed by atoms with E-state index in [1.54, 1.807) is 0 Å². The van der Waals surface area contributed by atoms with Crippen molar-refractivity contribution in [2.75, 3.05) is 14.1 Å². The first kappa shape index (κ1) is 12.1. The van der Waals surface area contributed by atoms with E-state index >= 15 is 0 Å². The Morgan fingerprint density at radius 1 is 1.38 bits per heavy atom. The molecule has 0 saturated heterocycles. The minimum atomic E-state index is 0.317. The topological polar surface area (TPSA) is 25.4 Å². The average Bonchev–Trinajstić information content (AvgIpc) is 2.69. The summed E-state index contributed by atoms with van der Waals surface area (Å²) in [4.78, 5) is 6.50. The first-order valence-corrected chi connectivity index (χ1v) is 6.69. The molecular weight excluding hydrogens is 315 g/mol. The molecule has 88 valence electrons. The molecule has 1 fully saturated rings. The monoisotopic (exact) mass is 332 g/mol. The van der Waals surface area contributed by atoms with Crippen LogP contribution in [-0.2, 0) is 0 Å². The van der Waals surface area contributed by atoms with Crippen LogP contribution in [0.4, 0.5) is 0 Å². The molecule has 2 rings (SSSR count). The van der Waals surface area contributed by atoms with Crippen LogP contribution in [0.1, 0.15) is 19.3 Å². The van der Waals surface area contributed by atoms with Crippen LogP contribution >= 0.6 is 22.6 Å². The molecule has 1 aliphatic carbocycles. The smallest absolute Gasteiger partial charge is 0.138 e. The molecule has 0 spiro atoms. The van der Waals surface area contributed by atoms with Gasteiger partial charge in [0.05, 0.1) is 6.20 Å². The van der Waals surface area contributed by atoms with Gasteiger partial charge in [0.25, 0.3) is 0 Å². The van der Waals surface area contributed by atoms with E-state index in [0.29, 0.717) is 12.1 Å². The van der Waals surface area contributed by atoms with E-state index in [9.17, 15) is 0 Å². The molecule has 0 bridgehead atoms. The van der Waals surface area contributed by atoms with E-state index in [-0.39, 0.29) is 0 Å². The highest BCUT2D eigenvalue weighted by Crippen LogP contribution is 2.27. The fourth-order valence-electron chi connectivity index (χ4n) is 2.24. The van der Waals surface area contributed by atoms with Crippen LogP contribution in [0.2, 0.25) is 0 Å². The SMILES string of the molecule is CN(C)[C@H]1CCC[C@H]1Oc1ccc(I)nc1. The zero-order valence-corrected chi connectivity index (χ0v) is 11.8. The lowest BCUT2D eigenvalue weighted by atomic mass is 10.2. The minimum absolute atomic E-state index is 0.317. The number of halogens is 1. The van der Waals surface area contributed by atoms with E-state index in [4.69, 9.17) is 4.74 Å². The van der Waals surface area contributed by atoms with Gasteiger partial charge in [-0.25, -0.2) is 4.98 Å². The summed E-state index contributed by atoms with van der Waals surface area (Å²) in [5.41, 5.74) is 0. The fraction of sp³-hybridized carbons (Fsp3) is 0.583. The van der Waals surface area contributed by atoms with Gasteiger partial charge >= 0.3 is 0 Å². The van der Waals surface area contributed by atoms with Gasteiger partial charge in [-0.05, 0) is 68.1 Å². The highest BCUT2D eigenvalue weighted by molar-refractivity contribution is 14.1. The molecule has 0 aliphatic heterocycles. The average molecular weight is 332 g/mol. The zero-order chi connectivity index (χ0) is 11.5. The van der Waals surface area contributed by atoms with Gasteiger partial charge in [-0.2, -0.15) is 0 Å². The third-order valence-electron chi connectivity index (χ3n) is 3.07. The van der Waals surface area contributed by atoms with Crippen molar-refractivity contribution in [1.29, 1.82) is 0 Å². The minimum Gasteiger partial charge on any atom is -0.487 e. The van der Waals surface area contributed by atoms with Crippen LogP contribution in [0.5, 0.6) is 5.75 Å². The quantitative estimate of drug-likeness (QED) is 0.628. The number of ether oxygens (including phenoxy) is 1. The van der Waals surface area contributed by atoms with Crippen LogP contribution in [0.25, 0.3) is 0 Å². The standard InChI is InChI=1S/C12H17IN2O/c1-15(2)10-4-3-5-11(10)16-9-6-7-12(13)14-8-9/h6-8,10-11H,3-5H2,1-2H3/t10-,11+/m0/s1. The normalized spacial score (nSPS) is 25.0. The molecule has 0 unspecified atom stereocenters. The van der Waals surface area contributed by atoms with Gasteiger partial charge in [0, 0.05) is 6.04 Å². The van der Waals surface area contributed by atoms with E-state index in [1.165, 1.54) is 12.8 Å². The van der Waals surface area contributed by atoms with Crippen molar-refractivity contribution in [3.8, 4) is 5.75 Å². The fourth-order valence-corrected chi connectivity index (χ4v) is 2.56. The Morgan fingerprint density at radius 2 is 2.19 bits per heavy atom. The Morgan fingerprint density at radius 3 is 2.81 bits per heavy atom. The lowest BCUT2D eigenvalue weighted by Crippen LogP contribution is -2.38. The van der Waals surface area contributed by atoms with Crippen LogP contribution in [0, 0.1) is 3.70 Å². The predicted molar refractivity (Wildman–Crippen MR) is 72.7 cm³/mol. The lowest BCUT2D eigenvalue weighted by Gasteiger charge is -2.26. The van der Waals surface area contributed by atoms with Gasteiger partial charge in [0.1, 0.15) is 15.6 Å². The molecule has 16 heavy (non-hydrogen) atoms. The number of hydrogen-bond donors (Lipinski definition) is 0. The van der Waals surface area contributed by atoms with Crippen molar-refractivity contribution in [2.45, 2.75) is 31.4 Å². The summed E-state index contributed by atoms with van der Waals surface area (Å²) in [7, 11) is 4.25. The highest BCUT2D eigenvalue weighted by Gasteiger charge is 2.30. The zero-order valence-electron chi connectivity index (χ0n) is 9.69. The summed E-state index contributed by atoms with van der Waals surface area (Å²) in [5.74, 6) is 0.888. The van der Waals surface area contributed by atoms with Gasteiger partial charge in [-0.1, -0.05) is 0 Å². The molecule has 0 aromatic carbocycles. The van der Waals surface area contributed by atoms with Gasteiger partial charge < -0.3 is 9.64 Å². The van der Waals surface area contributed by atoms with E-state index < -0.39 is 0 Å². The summed E-state index contributed by atoms with van der Waals surface area (Å²) < 4.78 is 7.00. The van der Waals surface area contributed by atoms with Crippen molar-refractivity contribution < 1.29 is 4.74 Å². The van der Waals surface area contributed by atoms with Crippen molar-refractivity contribution in [3.63, 3.8) is 0 Å². The summed E-state index contributed by atoms with van der Waals surface area (Å²) in [6, 6.07) is 4.52. The van der Waals surface area contributed by atoms with Crippen LogP contribution in [0.15, 0.2) is 18.3 Å². The predicted octanol–water partition coefficient (Wildman–Crippen LogP) is 2.55. The number of hydrogen-bond acceptors (Lipinski definition) is 3. The van der Waals surface area contributed by atoms with E-state index in [2.05, 4.69) is 46.6 Å². The Balaban J connectivity index is 2.01. The molecule has 4 heteroatoms. The number of aromatic nitrogens is 1. The number of likely N-dealkylation sites (N-methyl/N-ethyl adjacent to an activating group) is 1.